The zero-order valence-corrected chi connectivity index (χ0v) is 9.98. The van der Waals surface area contributed by atoms with Gasteiger partial charge >= 0.3 is 5.97 Å². The molecule has 0 fully saturated rings. The van der Waals surface area contributed by atoms with Crippen LogP contribution in [-0.2, 0) is 4.79 Å². The molecular formula is C11H8BrNO3. The van der Waals surface area contributed by atoms with E-state index in [2.05, 4.69) is 15.9 Å². The molecule has 0 aliphatic carbocycles. The molecule has 4 nitrogen and oxygen atoms in total. The molecule has 0 amide bonds. The van der Waals surface area contributed by atoms with E-state index in [0.717, 1.165) is 0 Å². The standard InChI is InChI=1S/C11H8BrNO3/c1-16-10-3-2-7(5-9(10)12)4-8(6-13)11(14)15/h2-5H,1H3,(H,14,15). The van der Waals surface area contributed by atoms with Crippen LogP contribution in [0.2, 0.25) is 0 Å². The first kappa shape index (κ1) is 12.3. The first-order valence-corrected chi connectivity index (χ1v) is 5.06. The van der Waals surface area contributed by atoms with E-state index in [1.54, 1.807) is 24.3 Å². The second-order valence-electron chi connectivity index (χ2n) is 2.87. The zero-order valence-electron chi connectivity index (χ0n) is 8.40. The monoisotopic (exact) mass is 281 g/mol. The molecule has 5 heteroatoms. The third kappa shape index (κ3) is 2.84. The number of carboxylic acid groups (broad SMARTS) is 1. The number of hydrogen-bond donors (Lipinski definition) is 1. The van der Waals surface area contributed by atoms with Crippen molar-refractivity contribution in [2.24, 2.45) is 0 Å². The highest BCUT2D eigenvalue weighted by Gasteiger charge is 2.06. The van der Waals surface area contributed by atoms with Crippen molar-refractivity contribution in [3.8, 4) is 11.8 Å². The van der Waals surface area contributed by atoms with Gasteiger partial charge in [-0.1, -0.05) is 6.07 Å². The van der Waals surface area contributed by atoms with E-state index in [1.807, 2.05) is 0 Å². The highest BCUT2D eigenvalue weighted by Crippen LogP contribution is 2.26. The lowest BCUT2D eigenvalue weighted by Crippen LogP contribution is -1.97. The number of rotatable bonds is 3. The summed E-state index contributed by atoms with van der Waals surface area (Å²) in [7, 11) is 1.54. The van der Waals surface area contributed by atoms with E-state index in [0.29, 0.717) is 15.8 Å². The summed E-state index contributed by atoms with van der Waals surface area (Å²) in [5.41, 5.74) is 0.309. The predicted molar refractivity (Wildman–Crippen MR) is 61.9 cm³/mol. The summed E-state index contributed by atoms with van der Waals surface area (Å²) >= 11 is 3.27. The second-order valence-corrected chi connectivity index (χ2v) is 3.72. The van der Waals surface area contributed by atoms with Crippen molar-refractivity contribution in [3.63, 3.8) is 0 Å². The molecule has 16 heavy (non-hydrogen) atoms. The third-order valence-corrected chi connectivity index (χ3v) is 2.46. The van der Waals surface area contributed by atoms with Gasteiger partial charge in [0.05, 0.1) is 11.6 Å². The molecule has 0 radical (unpaired) electrons. The van der Waals surface area contributed by atoms with E-state index in [-0.39, 0.29) is 5.57 Å². The number of nitrogens with zero attached hydrogens (tertiary/aromatic N) is 1. The fraction of sp³-hybridized carbons (Fsp3) is 0.0909. The average molecular weight is 282 g/mol. The van der Waals surface area contributed by atoms with Gasteiger partial charge in [-0.15, -0.1) is 0 Å². The smallest absolute Gasteiger partial charge is 0.346 e. The van der Waals surface area contributed by atoms with Crippen molar-refractivity contribution < 1.29 is 14.6 Å². The number of halogens is 1. The Kier molecular flexibility index (Phi) is 4.09. The van der Waals surface area contributed by atoms with Gasteiger partial charge in [0.15, 0.2) is 0 Å². The van der Waals surface area contributed by atoms with Gasteiger partial charge in [-0.3, -0.25) is 0 Å². The van der Waals surface area contributed by atoms with Crippen LogP contribution in [0.3, 0.4) is 0 Å². The summed E-state index contributed by atoms with van der Waals surface area (Å²) in [5, 5.41) is 17.3. The molecule has 0 saturated heterocycles. The van der Waals surface area contributed by atoms with Crippen LogP contribution >= 0.6 is 15.9 Å². The van der Waals surface area contributed by atoms with Crippen molar-refractivity contribution in [1.29, 1.82) is 5.26 Å². The average Bonchev–Trinajstić information content (AvgIpc) is 2.25. The zero-order chi connectivity index (χ0) is 12.1. The third-order valence-electron chi connectivity index (χ3n) is 1.84. The second kappa shape index (κ2) is 5.33. The van der Waals surface area contributed by atoms with Gasteiger partial charge < -0.3 is 9.84 Å². The number of nitriles is 1. The van der Waals surface area contributed by atoms with Crippen molar-refractivity contribution in [3.05, 3.63) is 33.8 Å². The molecule has 1 rings (SSSR count). The highest BCUT2D eigenvalue weighted by atomic mass is 79.9. The van der Waals surface area contributed by atoms with E-state index in [9.17, 15) is 4.79 Å². The molecule has 0 spiro atoms. The van der Waals surface area contributed by atoms with Crippen LogP contribution in [0.4, 0.5) is 0 Å². The fourth-order valence-corrected chi connectivity index (χ4v) is 1.64. The summed E-state index contributed by atoms with van der Waals surface area (Å²) in [6, 6.07) is 6.65. The van der Waals surface area contributed by atoms with E-state index < -0.39 is 5.97 Å². The van der Waals surface area contributed by atoms with E-state index in [4.69, 9.17) is 15.1 Å². The van der Waals surface area contributed by atoms with Crippen LogP contribution in [0.1, 0.15) is 5.56 Å². The van der Waals surface area contributed by atoms with E-state index in [1.165, 1.54) is 13.2 Å². The minimum absolute atomic E-state index is 0.308. The Morgan fingerprint density at radius 2 is 2.31 bits per heavy atom. The number of carboxylic acids is 1. The van der Waals surface area contributed by atoms with Crippen LogP contribution in [0.5, 0.6) is 5.75 Å². The topological polar surface area (TPSA) is 70.3 Å². The number of hydrogen-bond acceptors (Lipinski definition) is 3. The molecule has 0 bridgehead atoms. The number of methoxy groups -OCH3 is 1. The molecule has 0 heterocycles. The number of aliphatic carboxylic acids is 1. The minimum atomic E-state index is -1.24. The lowest BCUT2D eigenvalue weighted by atomic mass is 10.1. The molecule has 0 aliphatic rings. The first-order valence-electron chi connectivity index (χ1n) is 4.27. The molecule has 0 saturated carbocycles. The summed E-state index contributed by atoms with van der Waals surface area (Å²) < 4.78 is 5.73. The van der Waals surface area contributed by atoms with Crippen LogP contribution in [0, 0.1) is 11.3 Å². The van der Waals surface area contributed by atoms with Crippen LogP contribution < -0.4 is 4.74 Å². The maximum Gasteiger partial charge on any atom is 0.346 e. The minimum Gasteiger partial charge on any atom is -0.496 e. The largest absolute Gasteiger partial charge is 0.496 e. The predicted octanol–water partition coefficient (Wildman–Crippen LogP) is 2.45. The Hall–Kier alpha value is -1.80. The quantitative estimate of drug-likeness (QED) is 0.682. The van der Waals surface area contributed by atoms with Crippen LogP contribution in [0.25, 0.3) is 6.08 Å². The molecule has 0 aromatic heterocycles. The molecule has 1 aromatic rings. The maximum atomic E-state index is 10.6. The fourth-order valence-electron chi connectivity index (χ4n) is 1.08. The number of benzene rings is 1. The van der Waals surface area contributed by atoms with Gasteiger partial charge in [-0.2, -0.15) is 5.26 Å². The van der Waals surface area contributed by atoms with Gasteiger partial charge in [-0.25, -0.2) is 4.79 Å². The van der Waals surface area contributed by atoms with Gasteiger partial charge in [0.1, 0.15) is 17.4 Å². The van der Waals surface area contributed by atoms with Gasteiger partial charge in [0.25, 0.3) is 0 Å². The Morgan fingerprint density at radius 1 is 1.62 bits per heavy atom. The summed E-state index contributed by atoms with van der Waals surface area (Å²) in [6.45, 7) is 0. The SMILES string of the molecule is COc1ccc(C=C(C#N)C(=O)O)cc1Br. The van der Waals surface area contributed by atoms with Gasteiger partial charge in [-0.05, 0) is 39.7 Å². The number of carbonyl (C=O) groups is 1. The van der Waals surface area contributed by atoms with E-state index >= 15 is 0 Å². The molecule has 0 aliphatic heterocycles. The summed E-state index contributed by atoms with van der Waals surface area (Å²) in [6.07, 6.45) is 1.30. The summed E-state index contributed by atoms with van der Waals surface area (Å²) in [4.78, 5) is 10.6. The molecule has 1 aromatic carbocycles. The van der Waals surface area contributed by atoms with Crippen molar-refractivity contribution in [2.45, 2.75) is 0 Å². The number of ether oxygens (including phenoxy) is 1. The Bertz CT molecular complexity index is 488. The lowest BCUT2D eigenvalue weighted by Gasteiger charge is -2.03. The van der Waals surface area contributed by atoms with Crippen molar-refractivity contribution in [2.75, 3.05) is 7.11 Å². The van der Waals surface area contributed by atoms with Crippen LogP contribution in [-0.4, -0.2) is 18.2 Å². The maximum absolute atomic E-state index is 10.6. The first-order chi connectivity index (χ1) is 7.58. The molecular weight excluding hydrogens is 274 g/mol. The molecule has 1 N–H and O–H groups in total. The van der Waals surface area contributed by atoms with Gasteiger partial charge in [0.2, 0.25) is 0 Å². The van der Waals surface area contributed by atoms with Crippen LogP contribution in [0.15, 0.2) is 28.2 Å². The molecule has 82 valence electrons. The Balaban J connectivity index is 3.12. The molecule has 0 atom stereocenters. The Morgan fingerprint density at radius 3 is 2.75 bits per heavy atom. The summed E-state index contributed by atoms with van der Waals surface area (Å²) in [5.74, 6) is -0.597. The van der Waals surface area contributed by atoms with Gasteiger partial charge in [0, 0.05) is 0 Å². The normalized spacial score (nSPS) is 10.7. The lowest BCUT2D eigenvalue weighted by molar-refractivity contribution is -0.132. The molecule has 0 unspecified atom stereocenters. The van der Waals surface area contributed by atoms with Crippen molar-refractivity contribution in [1.82, 2.24) is 0 Å². The highest BCUT2D eigenvalue weighted by molar-refractivity contribution is 9.10. The van der Waals surface area contributed by atoms with Crippen molar-refractivity contribution >= 4 is 28.0 Å². The Labute approximate surface area is 101 Å².